The predicted octanol–water partition coefficient (Wildman–Crippen LogP) is 2.09. The Hall–Kier alpha value is -1.20. The van der Waals surface area contributed by atoms with Crippen molar-refractivity contribution in [3.8, 4) is 5.75 Å². The van der Waals surface area contributed by atoms with Gasteiger partial charge in [-0.25, -0.2) is 0 Å². The maximum absolute atomic E-state index is 11.2. The first kappa shape index (κ1) is 14.2. The summed E-state index contributed by atoms with van der Waals surface area (Å²) in [5.41, 5.74) is 6.24. The van der Waals surface area contributed by atoms with E-state index in [1.54, 1.807) is 6.07 Å². The molecule has 0 saturated carbocycles. The monoisotopic (exact) mass is 281 g/mol. The average molecular weight is 281 g/mol. The second kappa shape index (κ2) is 6.82. The van der Waals surface area contributed by atoms with E-state index in [1.807, 2.05) is 30.0 Å². The molecule has 0 spiro atoms. The van der Waals surface area contributed by atoms with Gasteiger partial charge >= 0.3 is 5.97 Å². The second-order valence-electron chi connectivity index (χ2n) is 4.59. The molecule has 0 radical (unpaired) electrons. The van der Waals surface area contributed by atoms with E-state index in [9.17, 15) is 9.90 Å². The van der Waals surface area contributed by atoms with E-state index in [-0.39, 0.29) is 12.6 Å². The molecule has 0 bridgehead atoms. The molecule has 1 saturated heterocycles. The van der Waals surface area contributed by atoms with Gasteiger partial charge in [0, 0.05) is 12.1 Å². The summed E-state index contributed by atoms with van der Waals surface area (Å²) in [6, 6.07) is 7.32. The zero-order chi connectivity index (χ0) is 13.7. The van der Waals surface area contributed by atoms with E-state index >= 15 is 0 Å². The van der Waals surface area contributed by atoms with Crippen LogP contribution >= 0.6 is 11.8 Å². The van der Waals surface area contributed by atoms with Gasteiger partial charge in [-0.1, -0.05) is 18.2 Å². The fraction of sp³-hybridized carbons (Fsp3) is 0.500. The van der Waals surface area contributed by atoms with Crippen molar-refractivity contribution in [2.75, 3.05) is 18.1 Å². The van der Waals surface area contributed by atoms with Crippen LogP contribution in [0.25, 0.3) is 0 Å². The largest absolute Gasteiger partial charge is 0.490 e. The third-order valence-corrected chi connectivity index (χ3v) is 4.34. The maximum atomic E-state index is 11.2. The normalized spacial score (nSPS) is 17.9. The van der Waals surface area contributed by atoms with E-state index in [0.29, 0.717) is 11.3 Å². The minimum atomic E-state index is -0.905. The summed E-state index contributed by atoms with van der Waals surface area (Å²) in [4.78, 5) is 11.2. The number of para-hydroxylation sites is 1. The number of carbonyl (C=O) groups is 1. The Morgan fingerprint density at radius 2 is 2.11 bits per heavy atom. The molecular weight excluding hydrogens is 262 g/mol. The zero-order valence-electron chi connectivity index (χ0n) is 10.7. The van der Waals surface area contributed by atoms with Crippen LogP contribution in [0.15, 0.2) is 24.3 Å². The van der Waals surface area contributed by atoms with Gasteiger partial charge in [-0.3, -0.25) is 4.79 Å². The molecule has 4 nitrogen and oxygen atoms in total. The van der Waals surface area contributed by atoms with Crippen molar-refractivity contribution in [1.82, 2.24) is 0 Å². The first-order valence-electron chi connectivity index (χ1n) is 6.48. The van der Waals surface area contributed by atoms with Crippen LogP contribution in [0, 0.1) is 0 Å². The number of benzene rings is 1. The summed E-state index contributed by atoms with van der Waals surface area (Å²) in [7, 11) is 0. The third kappa shape index (κ3) is 3.64. The number of thioether (sulfide) groups is 1. The van der Waals surface area contributed by atoms with Crippen LogP contribution in [-0.4, -0.2) is 35.2 Å². The maximum Gasteiger partial charge on any atom is 0.312 e. The van der Waals surface area contributed by atoms with Crippen molar-refractivity contribution in [1.29, 1.82) is 0 Å². The number of hydrogen-bond acceptors (Lipinski definition) is 4. The Labute approximate surface area is 117 Å². The highest BCUT2D eigenvalue weighted by Gasteiger charge is 2.23. The number of aliphatic carboxylic acids is 1. The van der Waals surface area contributed by atoms with E-state index < -0.39 is 11.9 Å². The Kier molecular flexibility index (Phi) is 5.10. The molecule has 1 atom stereocenters. The van der Waals surface area contributed by atoms with Crippen LogP contribution in [0.2, 0.25) is 0 Å². The first-order valence-corrected chi connectivity index (χ1v) is 7.64. The molecule has 19 heavy (non-hydrogen) atoms. The van der Waals surface area contributed by atoms with E-state index in [0.717, 1.165) is 24.3 Å². The van der Waals surface area contributed by atoms with Gasteiger partial charge < -0.3 is 15.6 Å². The molecular formula is C14H19NO3S. The molecule has 3 N–H and O–H groups in total. The lowest BCUT2D eigenvalue weighted by Crippen LogP contribution is -2.25. The van der Waals surface area contributed by atoms with Crippen LogP contribution < -0.4 is 10.5 Å². The number of carboxylic acid groups (broad SMARTS) is 1. The van der Waals surface area contributed by atoms with Crippen LogP contribution in [-0.2, 0) is 4.79 Å². The number of hydrogen-bond donors (Lipinski definition) is 2. The van der Waals surface area contributed by atoms with Gasteiger partial charge in [0.15, 0.2) is 0 Å². The Bertz CT molecular complexity index is 432. The van der Waals surface area contributed by atoms with Gasteiger partial charge in [0.25, 0.3) is 0 Å². The fourth-order valence-electron chi connectivity index (χ4n) is 2.21. The standard InChI is InChI=1S/C14H19NO3S/c15-9-12(14(16)17)11-3-1-2-4-13(11)18-10-5-7-19-8-6-10/h1-4,10,12H,5-9,15H2,(H,16,17). The fourth-order valence-corrected chi connectivity index (χ4v) is 3.27. The number of carboxylic acids is 1. The summed E-state index contributed by atoms with van der Waals surface area (Å²) in [5, 5.41) is 9.22. The van der Waals surface area contributed by atoms with Crippen molar-refractivity contribution in [2.24, 2.45) is 5.73 Å². The molecule has 1 heterocycles. The molecule has 1 unspecified atom stereocenters. The van der Waals surface area contributed by atoms with Crippen molar-refractivity contribution in [2.45, 2.75) is 24.9 Å². The highest BCUT2D eigenvalue weighted by Crippen LogP contribution is 2.29. The summed E-state index contributed by atoms with van der Waals surface area (Å²) in [6.07, 6.45) is 2.22. The number of nitrogens with two attached hydrogens (primary N) is 1. The summed E-state index contributed by atoms with van der Waals surface area (Å²) in [5.74, 6) is 1.27. The van der Waals surface area contributed by atoms with Crippen LogP contribution in [0.1, 0.15) is 24.3 Å². The van der Waals surface area contributed by atoms with E-state index in [1.165, 1.54) is 0 Å². The lowest BCUT2D eigenvalue weighted by atomic mass is 9.98. The molecule has 1 aromatic rings. The molecule has 0 aliphatic carbocycles. The van der Waals surface area contributed by atoms with Crippen molar-refractivity contribution in [3.05, 3.63) is 29.8 Å². The molecule has 1 aromatic carbocycles. The molecule has 2 rings (SSSR count). The van der Waals surface area contributed by atoms with Gasteiger partial charge in [0.05, 0.1) is 5.92 Å². The highest BCUT2D eigenvalue weighted by molar-refractivity contribution is 7.99. The lowest BCUT2D eigenvalue weighted by Gasteiger charge is -2.25. The molecule has 0 amide bonds. The minimum Gasteiger partial charge on any atom is -0.490 e. The quantitative estimate of drug-likeness (QED) is 0.864. The Balaban J connectivity index is 2.17. The Morgan fingerprint density at radius 1 is 1.42 bits per heavy atom. The zero-order valence-corrected chi connectivity index (χ0v) is 11.6. The van der Waals surface area contributed by atoms with Crippen LogP contribution in [0.3, 0.4) is 0 Å². The van der Waals surface area contributed by atoms with Gasteiger partial charge in [-0.15, -0.1) is 0 Å². The van der Waals surface area contributed by atoms with Crippen molar-refractivity contribution in [3.63, 3.8) is 0 Å². The minimum absolute atomic E-state index is 0.0796. The predicted molar refractivity (Wildman–Crippen MR) is 76.8 cm³/mol. The van der Waals surface area contributed by atoms with Crippen molar-refractivity contribution < 1.29 is 14.6 Å². The highest BCUT2D eigenvalue weighted by atomic mass is 32.2. The summed E-state index contributed by atoms with van der Waals surface area (Å²) in [6.45, 7) is 0.0796. The van der Waals surface area contributed by atoms with Gasteiger partial charge in [-0.2, -0.15) is 11.8 Å². The second-order valence-corrected chi connectivity index (χ2v) is 5.82. The molecule has 1 aliphatic rings. The lowest BCUT2D eigenvalue weighted by molar-refractivity contribution is -0.138. The molecule has 1 aliphatic heterocycles. The van der Waals surface area contributed by atoms with Gasteiger partial charge in [-0.05, 0) is 30.4 Å². The molecule has 104 valence electrons. The first-order chi connectivity index (χ1) is 9.22. The molecule has 0 aromatic heterocycles. The van der Waals surface area contributed by atoms with Crippen molar-refractivity contribution >= 4 is 17.7 Å². The van der Waals surface area contributed by atoms with Gasteiger partial charge in [0.2, 0.25) is 0 Å². The van der Waals surface area contributed by atoms with Crippen LogP contribution in [0.4, 0.5) is 0 Å². The molecule has 1 fully saturated rings. The SMILES string of the molecule is NCC(C(=O)O)c1ccccc1OC1CCSCC1. The average Bonchev–Trinajstić information content (AvgIpc) is 2.42. The molecule has 5 heteroatoms. The summed E-state index contributed by atoms with van der Waals surface area (Å²) < 4.78 is 5.99. The summed E-state index contributed by atoms with van der Waals surface area (Å²) >= 11 is 1.94. The van der Waals surface area contributed by atoms with Gasteiger partial charge in [0.1, 0.15) is 11.9 Å². The Morgan fingerprint density at radius 3 is 2.74 bits per heavy atom. The topological polar surface area (TPSA) is 72.6 Å². The number of rotatable bonds is 5. The van der Waals surface area contributed by atoms with Crippen LogP contribution in [0.5, 0.6) is 5.75 Å². The van der Waals surface area contributed by atoms with E-state index in [2.05, 4.69) is 0 Å². The number of ether oxygens (including phenoxy) is 1. The third-order valence-electron chi connectivity index (χ3n) is 3.29. The smallest absolute Gasteiger partial charge is 0.312 e. The van der Waals surface area contributed by atoms with E-state index in [4.69, 9.17) is 10.5 Å².